The first-order chi connectivity index (χ1) is 18.3. The Kier molecular flexibility index (Phi) is 12.5. The number of nitrogens with one attached hydrogen (secondary N) is 3. The van der Waals surface area contributed by atoms with E-state index >= 15 is 0 Å². The van der Waals surface area contributed by atoms with Crippen LogP contribution < -0.4 is 16.0 Å². The monoisotopic (exact) mass is 566 g/mol. The van der Waals surface area contributed by atoms with E-state index in [1.807, 2.05) is 20.1 Å². The van der Waals surface area contributed by atoms with Crippen LogP contribution in [0.5, 0.6) is 0 Å². The van der Waals surface area contributed by atoms with E-state index in [0.717, 1.165) is 0 Å². The van der Waals surface area contributed by atoms with Gasteiger partial charge >= 0.3 is 6.09 Å². The predicted molar refractivity (Wildman–Crippen MR) is 150 cm³/mol. The van der Waals surface area contributed by atoms with E-state index in [-0.39, 0.29) is 36.1 Å². The summed E-state index contributed by atoms with van der Waals surface area (Å²) in [5.74, 6) is -1.04. The van der Waals surface area contributed by atoms with E-state index in [1.54, 1.807) is 55.6 Å². The molecule has 0 aromatic heterocycles. The van der Waals surface area contributed by atoms with Gasteiger partial charge in [0.1, 0.15) is 23.5 Å². The largest absolute Gasteiger partial charge is 0.444 e. The molecule has 1 aliphatic heterocycles. The highest BCUT2D eigenvalue weighted by Crippen LogP contribution is 2.20. The third-order valence-electron chi connectivity index (χ3n) is 6.43. The summed E-state index contributed by atoms with van der Waals surface area (Å²) in [5, 5.41) is 8.28. The van der Waals surface area contributed by atoms with E-state index in [1.165, 1.54) is 6.07 Å². The normalized spacial score (nSPS) is 15.8. The highest BCUT2D eigenvalue weighted by Gasteiger charge is 2.34. The number of thioether (sulfide) groups is 1. The molecular formula is C28H43FN4O5S. The Balaban J connectivity index is 1.92. The maximum atomic E-state index is 13.9. The van der Waals surface area contributed by atoms with Crippen molar-refractivity contribution < 1.29 is 28.3 Å². The number of carbonyl (C=O) groups is 4. The number of rotatable bonds is 11. The smallest absolute Gasteiger partial charge is 0.408 e. The molecular weight excluding hydrogens is 523 g/mol. The van der Waals surface area contributed by atoms with Crippen LogP contribution in [0.25, 0.3) is 0 Å². The summed E-state index contributed by atoms with van der Waals surface area (Å²) in [4.78, 5) is 53.1. The Morgan fingerprint density at radius 3 is 2.31 bits per heavy atom. The lowest BCUT2D eigenvalue weighted by atomic mass is 9.94. The molecule has 39 heavy (non-hydrogen) atoms. The van der Waals surface area contributed by atoms with Gasteiger partial charge in [0.05, 0.1) is 0 Å². The zero-order valence-corrected chi connectivity index (χ0v) is 24.7. The standard InChI is InChI=1S/C28H43FN4O5S/c1-18(2)23(25(35)30-17-20-9-7-8-10-21(20)29)32-24(34)19-11-14-33(15-12-19)26(36)22(13-16-39-6)31-27(37)38-28(3,4)5/h7-10,18-19,22-23H,11-17H2,1-6H3,(H,30,35)(H,31,37)(H,32,34). The number of hydrogen-bond donors (Lipinski definition) is 3. The Morgan fingerprint density at radius 1 is 1.10 bits per heavy atom. The van der Waals surface area contributed by atoms with E-state index in [9.17, 15) is 23.6 Å². The van der Waals surface area contributed by atoms with Crippen LogP contribution in [-0.2, 0) is 25.7 Å². The maximum absolute atomic E-state index is 13.9. The van der Waals surface area contributed by atoms with Crippen molar-refractivity contribution in [3.8, 4) is 0 Å². The van der Waals surface area contributed by atoms with Gasteiger partial charge in [-0.2, -0.15) is 11.8 Å². The van der Waals surface area contributed by atoms with Crippen molar-refractivity contribution in [2.75, 3.05) is 25.1 Å². The van der Waals surface area contributed by atoms with Gasteiger partial charge < -0.3 is 25.6 Å². The molecule has 0 saturated carbocycles. The summed E-state index contributed by atoms with van der Waals surface area (Å²) in [6.07, 6.45) is 2.66. The van der Waals surface area contributed by atoms with Gasteiger partial charge in [-0.3, -0.25) is 14.4 Å². The summed E-state index contributed by atoms with van der Waals surface area (Å²) in [6.45, 7) is 9.72. The average Bonchev–Trinajstić information content (AvgIpc) is 2.87. The minimum Gasteiger partial charge on any atom is -0.444 e. The summed E-state index contributed by atoms with van der Waals surface area (Å²) in [5.41, 5.74) is -0.306. The molecule has 11 heteroatoms. The first kappa shape index (κ1) is 32.4. The Hall–Kier alpha value is -2.82. The number of hydrogen-bond acceptors (Lipinski definition) is 6. The molecule has 0 aliphatic carbocycles. The van der Waals surface area contributed by atoms with Crippen LogP contribution in [0.3, 0.4) is 0 Å². The first-order valence-electron chi connectivity index (χ1n) is 13.4. The fraction of sp³-hybridized carbons (Fsp3) is 0.643. The van der Waals surface area contributed by atoms with Gasteiger partial charge in [0, 0.05) is 31.1 Å². The molecule has 218 valence electrons. The fourth-order valence-corrected chi connectivity index (χ4v) is 4.74. The summed E-state index contributed by atoms with van der Waals surface area (Å²) in [6, 6.07) is 4.74. The lowest BCUT2D eigenvalue weighted by Gasteiger charge is -2.34. The second-order valence-corrected chi connectivity index (χ2v) is 12.1. The van der Waals surface area contributed by atoms with Crippen molar-refractivity contribution in [1.82, 2.24) is 20.9 Å². The van der Waals surface area contributed by atoms with Crippen LogP contribution in [0.4, 0.5) is 9.18 Å². The molecule has 1 aromatic rings. The number of benzene rings is 1. The van der Waals surface area contributed by atoms with Crippen molar-refractivity contribution in [1.29, 1.82) is 0 Å². The maximum Gasteiger partial charge on any atom is 0.408 e. The van der Waals surface area contributed by atoms with Gasteiger partial charge in [0.2, 0.25) is 17.7 Å². The molecule has 1 fully saturated rings. The van der Waals surface area contributed by atoms with Crippen molar-refractivity contribution in [3.05, 3.63) is 35.6 Å². The quantitative estimate of drug-likeness (QED) is 0.378. The zero-order chi connectivity index (χ0) is 29.2. The number of halogens is 1. The van der Waals surface area contributed by atoms with Crippen molar-refractivity contribution in [2.24, 2.45) is 11.8 Å². The fourth-order valence-electron chi connectivity index (χ4n) is 4.27. The topological polar surface area (TPSA) is 117 Å². The molecule has 9 nitrogen and oxygen atoms in total. The molecule has 0 radical (unpaired) electrons. The molecule has 2 rings (SSSR count). The van der Waals surface area contributed by atoms with Gasteiger partial charge in [-0.15, -0.1) is 0 Å². The average molecular weight is 567 g/mol. The number of carbonyl (C=O) groups excluding carboxylic acids is 4. The number of likely N-dealkylation sites (tertiary alicyclic amines) is 1. The van der Waals surface area contributed by atoms with Crippen LogP contribution in [0.2, 0.25) is 0 Å². The number of nitrogens with zero attached hydrogens (tertiary/aromatic N) is 1. The highest BCUT2D eigenvalue weighted by molar-refractivity contribution is 7.98. The minimum atomic E-state index is -0.766. The van der Waals surface area contributed by atoms with Crippen molar-refractivity contribution in [2.45, 2.75) is 78.1 Å². The Labute approximate surface area is 235 Å². The first-order valence-corrected chi connectivity index (χ1v) is 14.8. The van der Waals surface area contributed by atoms with Crippen molar-refractivity contribution >= 4 is 35.6 Å². The third-order valence-corrected chi connectivity index (χ3v) is 7.08. The summed E-state index contributed by atoms with van der Waals surface area (Å²) in [7, 11) is 0. The molecule has 2 atom stereocenters. The number of ether oxygens (including phenoxy) is 1. The van der Waals surface area contributed by atoms with E-state index in [4.69, 9.17) is 4.74 Å². The van der Waals surface area contributed by atoms with Crippen LogP contribution in [-0.4, -0.2) is 71.5 Å². The van der Waals surface area contributed by atoms with Crippen LogP contribution in [0.1, 0.15) is 59.4 Å². The van der Waals surface area contributed by atoms with Crippen LogP contribution in [0, 0.1) is 17.7 Å². The third kappa shape index (κ3) is 10.7. The molecule has 0 spiro atoms. The van der Waals surface area contributed by atoms with Crippen LogP contribution in [0.15, 0.2) is 24.3 Å². The molecule has 1 heterocycles. The molecule has 1 aliphatic rings. The van der Waals surface area contributed by atoms with E-state index < -0.39 is 29.6 Å². The Bertz CT molecular complexity index is 992. The molecule has 4 amide bonds. The Morgan fingerprint density at radius 2 is 1.74 bits per heavy atom. The van der Waals surface area contributed by atoms with Crippen LogP contribution >= 0.6 is 11.8 Å². The molecule has 1 aromatic carbocycles. The number of piperidine rings is 1. The highest BCUT2D eigenvalue weighted by atomic mass is 32.2. The van der Waals surface area contributed by atoms with Gasteiger partial charge in [-0.25, -0.2) is 9.18 Å². The van der Waals surface area contributed by atoms with E-state index in [0.29, 0.717) is 43.7 Å². The second kappa shape index (κ2) is 15.1. The second-order valence-electron chi connectivity index (χ2n) is 11.1. The van der Waals surface area contributed by atoms with Crippen molar-refractivity contribution in [3.63, 3.8) is 0 Å². The van der Waals surface area contributed by atoms with Gasteiger partial charge in [0.15, 0.2) is 0 Å². The molecule has 0 bridgehead atoms. The number of alkyl carbamates (subject to hydrolysis) is 1. The molecule has 1 saturated heterocycles. The summed E-state index contributed by atoms with van der Waals surface area (Å²) < 4.78 is 19.2. The lowest BCUT2D eigenvalue weighted by Crippen LogP contribution is -2.54. The van der Waals surface area contributed by atoms with Gasteiger partial charge in [-0.1, -0.05) is 32.0 Å². The summed E-state index contributed by atoms with van der Waals surface area (Å²) >= 11 is 1.58. The minimum absolute atomic E-state index is 0.0279. The van der Waals surface area contributed by atoms with Gasteiger partial charge in [-0.05, 0) is 64.0 Å². The zero-order valence-electron chi connectivity index (χ0n) is 23.8. The predicted octanol–water partition coefficient (Wildman–Crippen LogP) is 3.47. The lowest BCUT2D eigenvalue weighted by molar-refractivity contribution is -0.138. The van der Waals surface area contributed by atoms with Gasteiger partial charge in [0.25, 0.3) is 0 Å². The number of amides is 4. The SMILES string of the molecule is CSCCC(NC(=O)OC(C)(C)C)C(=O)N1CCC(C(=O)NC(C(=O)NCc2ccccc2F)C(C)C)CC1. The molecule has 2 unspecified atom stereocenters. The molecule has 3 N–H and O–H groups in total. The van der Waals surface area contributed by atoms with E-state index in [2.05, 4.69) is 16.0 Å².